The van der Waals surface area contributed by atoms with Gasteiger partial charge in [0.05, 0.1) is 7.05 Å². The topological polar surface area (TPSA) is 69.6 Å². The summed E-state index contributed by atoms with van der Waals surface area (Å²) in [6.45, 7) is 5.00. The largest absolute Gasteiger partial charge is 0.330 e. The Morgan fingerprint density at radius 3 is 2.54 bits per heavy atom. The fourth-order valence-corrected chi connectivity index (χ4v) is 1.23. The van der Waals surface area contributed by atoms with Gasteiger partial charge in [-0.25, -0.2) is 0 Å². The predicted octanol–water partition coefficient (Wildman–Crippen LogP) is -0.0165. The van der Waals surface area contributed by atoms with E-state index < -0.39 is 0 Å². The van der Waals surface area contributed by atoms with E-state index in [1.807, 2.05) is 0 Å². The van der Waals surface area contributed by atoms with Crippen LogP contribution in [0.3, 0.4) is 0 Å². The molecule has 0 aromatic carbocycles. The second kappa shape index (κ2) is 4.32. The highest BCUT2D eigenvalue weighted by Crippen LogP contribution is 2.12. The quantitative estimate of drug-likeness (QED) is 0.712. The summed E-state index contributed by atoms with van der Waals surface area (Å²) < 4.78 is 0. The minimum Gasteiger partial charge on any atom is -0.330 e. The molecule has 0 radical (unpaired) electrons. The van der Waals surface area contributed by atoms with Crippen LogP contribution in [0, 0.1) is 11.8 Å². The molecule has 0 saturated heterocycles. The van der Waals surface area contributed by atoms with Gasteiger partial charge in [0, 0.05) is 6.42 Å². The highest BCUT2D eigenvalue weighted by Gasteiger charge is 2.14. The molecule has 0 amide bonds. The van der Waals surface area contributed by atoms with Gasteiger partial charge >= 0.3 is 0 Å². The van der Waals surface area contributed by atoms with Gasteiger partial charge in [-0.2, -0.15) is 4.80 Å². The monoisotopic (exact) mass is 183 g/mol. The lowest BCUT2D eigenvalue weighted by Crippen LogP contribution is -2.22. The van der Waals surface area contributed by atoms with Gasteiger partial charge in [0.2, 0.25) is 0 Å². The Hall–Kier alpha value is -0.970. The molecule has 13 heavy (non-hydrogen) atoms. The van der Waals surface area contributed by atoms with Crippen LogP contribution >= 0.6 is 0 Å². The highest BCUT2D eigenvalue weighted by molar-refractivity contribution is 4.82. The molecular formula is C8H17N5. The highest BCUT2D eigenvalue weighted by atomic mass is 15.6. The van der Waals surface area contributed by atoms with Crippen LogP contribution in [0.2, 0.25) is 0 Å². The molecule has 1 rings (SSSR count). The van der Waals surface area contributed by atoms with Crippen LogP contribution in [-0.2, 0) is 13.5 Å². The van der Waals surface area contributed by atoms with Crippen LogP contribution in [-0.4, -0.2) is 26.8 Å². The Labute approximate surface area is 78.3 Å². The minimum atomic E-state index is 0.448. The molecule has 0 spiro atoms. The zero-order valence-electron chi connectivity index (χ0n) is 8.44. The molecule has 1 unspecified atom stereocenters. The summed E-state index contributed by atoms with van der Waals surface area (Å²) in [6.07, 6.45) is 0.821. The molecule has 5 nitrogen and oxygen atoms in total. The molecule has 1 heterocycles. The smallest absolute Gasteiger partial charge is 0.175 e. The summed E-state index contributed by atoms with van der Waals surface area (Å²) in [5.74, 6) is 1.80. The minimum absolute atomic E-state index is 0.448. The normalized spacial score (nSPS) is 13.6. The molecule has 0 saturated carbocycles. The second-order valence-electron chi connectivity index (χ2n) is 3.64. The van der Waals surface area contributed by atoms with Crippen molar-refractivity contribution in [3.63, 3.8) is 0 Å². The molecule has 0 aliphatic heterocycles. The zero-order valence-corrected chi connectivity index (χ0v) is 8.44. The summed E-state index contributed by atoms with van der Waals surface area (Å²) in [5.41, 5.74) is 5.65. The molecule has 1 atom stereocenters. The molecule has 1 aromatic rings. The van der Waals surface area contributed by atoms with Crippen molar-refractivity contribution in [2.75, 3.05) is 6.54 Å². The Kier molecular flexibility index (Phi) is 3.36. The number of aromatic nitrogens is 4. The molecule has 0 aliphatic rings. The van der Waals surface area contributed by atoms with Crippen molar-refractivity contribution >= 4 is 0 Å². The number of aryl methyl sites for hydroxylation is 1. The Balaban J connectivity index is 2.56. The summed E-state index contributed by atoms with van der Waals surface area (Å²) in [7, 11) is 1.77. The number of rotatable bonds is 4. The van der Waals surface area contributed by atoms with Gasteiger partial charge in [-0.1, -0.05) is 13.8 Å². The van der Waals surface area contributed by atoms with E-state index in [9.17, 15) is 0 Å². The maximum absolute atomic E-state index is 5.65. The van der Waals surface area contributed by atoms with Gasteiger partial charge in [-0.05, 0) is 23.6 Å². The zero-order chi connectivity index (χ0) is 9.84. The van der Waals surface area contributed by atoms with Crippen molar-refractivity contribution < 1.29 is 0 Å². The van der Waals surface area contributed by atoms with Crippen molar-refractivity contribution in [1.82, 2.24) is 20.2 Å². The van der Waals surface area contributed by atoms with E-state index in [1.165, 1.54) is 4.80 Å². The number of nitrogens with two attached hydrogens (primary N) is 1. The molecule has 5 heteroatoms. The first kappa shape index (κ1) is 10.1. The van der Waals surface area contributed by atoms with E-state index in [4.69, 9.17) is 5.73 Å². The summed E-state index contributed by atoms with van der Waals surface area (Å²) in [4.78, 5) is 1.48. The van der Waals surface area contributed by atoms with Crippen LogP contribution in [0.5, 0.6) is 0 Å². The molecular weight excluding hydrogens is 166 g/mol. The second-order valence-corrected chi connectivity index (χ2v) is 3.64. The lowest BCUT2D eigenvalue weighted by atomic mass is 9.92. The van der Waals surface area contributed by atoms with Gasteiger partial charge in [0.1, 0.15) is 0 Å². The first-order valence-corrected chi connectivity index (χ1v) is 4.56. The maximum Gasteiger partial charge on any atom is 0.175 e. The molecule has 2 N–H and O–H groups in total. The van der Waals surface area contributed by atoms with Crippen LogP contribution in [0.1, 0.15) is 19.7 Å². The van der Waals surface area contributed by atoms with Crippen molar-refractivity contribution in [1.29, 1.82) is 0 Å². The van der Waals surface area contributed by atoms with Crippen LogP contribution in [0.25, 0.3) is 0 Å². The standard InChI is InChI=1S/C8H17N5/c1-6(2)7(5-9)4-8-10-12-13(3)11-8/h6-7H,4-5,9H2,1-3H3. The molecule has 1 aromatic heterocycles. The van der Waals surface area contributed by atoms with Gasteiger partial charge in [-0.3, -0.25) is 0 Å². The van der Waals surface area contributed by atoms with E-state index in [0.717, 1.165) is 12.2 Å². The van der Waals surface area contributed by atoms with Crippen LogP contribution < -0.4 is 5.73 Å². The van der Waals surface area contributed by atoms with E-state index in [-0.39, 0.29) is 0 Å². The maximum atomic E-state index is 5.65. The van der Waals surface area contributed by atoms with Crippen molar-refractivity contribution in [2.45, 2.75) is 20.3 Å². The third-order valence-corrected chi connectivity index (χ3v) is 2.24. The average molecular weight is 183 g/mol. The Morgan fingerprint density at radius 1 is 1.46 bits per heavy atom. The molecule has 0 fully saturated rings. The Bertz CT molecular complexity index is 255. The molecule has 74 valence electrons. The van der Waals surface area contributed by atoms with E-state index >= 15 is 0 Å². The van der Waals surface area contributed by atoms with Crippen molar-refractivity contribution in [3.8, 4) is 0 Å². The van der Waals surface area contributed by atoms with Crippen LogP contribution in [0.15, 0.2) is 0 Å². The summed E-state index contributed by atoms with van der Waals surface area (Å²) in [5, 5.41) is 11.8. The first-order chi connectivity index (χ1) is 6.13. The number of nitrogens with zero attached hydrogens (tertiary/aromatic N) is 4. The first-order valence-electron chi connectivity index (χ1n) is 4.56. The SMILES string of the molecule is CC(C)C(CN)Cc1nnn(C)n1. The number of hydrogen-bond acceptors (Lipinski definition) is 4. The van der Waals surface area contributed by atoms with Crippen molar-refractivity contribution in [3.05, 3.63) is 5.82 Å². The van der Waals surface area contributed by atoms with Crippen molar-refractivity contribution in [2.24, 2.45) is 24.6 Å². The third-order valence-electron chi connectivity index (χ3n) is 2.24. The lowest BCUT2D eigenvalue weighted by molar-refractivity contribution is 0.384. The molecule has 0 bridgehead atoms. The predicted molar refractivity (Wildman–Crippen MR) is 49.9 cm³/mol. The lowest BCUT2D eigenvalue weighted by Gasteiger charge is -2.16. The molecule has 0 aliphatic carbocycles. The van der Waals surface area contributed by atoms with Crippen LogP contribution in [0.4, 0.5) is 0 Å². The van der Waals surface area contributed by atoms with Gasteiger partial charge in [0.15, 0.2) is 5.82 Å². The van der Waals surface area contributed by atoms with Gasteiger partial charge < -0.3 is 5.73 Å². The fraction of sp³-hybridized carbons (Fsp3) is 0.875. The average Bonchev–Trinajstić information content (AvgIpc) is 2.46. The summed E-state index contributed by atoms with van der Waals surface area (Å²) in [6, 6.07) is 0. The van der Waals surface area contributed by atoms with Gasteiger partial charge in [-0.15, -0.1) is 10.2 Å². The number of hydrogen-bond donors (Lipinski definition) is 1. The number of tetrazole rings is 1. The summed E-state index contributed by atoms with van der Waals surface area (Å²) >= 11 is 0. The third kappa shape index (κ3) is 2.77. The van der Waals surface area contributed by atoms with E-state index in [2.05, 4.69) is 29.3 Å². The van der Waals surface area contributed by atoms with Gasteiger partial charge in [0.25, 0.3) is 0 Å². The Morgan fingerprint density at radius 2 is 2.15 bits per heavy atom. The van der Waals surface area contributed by atoms with E-state index in [0.29, 0.717) is 18.4 Å². The fourth-order valence-electron chi connectivity index (χ4n) is 1.23. The van der Waals surface area contributed by atoms with E-state index in [1.54, 1.807) is 7.05 Å².